The van der Waals surface area contributed by atoms with Gasteiger partial charge in [0.15, 0.2) is 0 Å². The third-order valence-corrected chi connectivity index (χ3v) is 4.14. The van der Waals surface area contributed by atoms with Gasteiger partial charge < -0.3 is 9.47 Å². The molecule has 0 aliphatic heterocycles. The van der Waals surface area contributed by atoms with Crippen molar-refractivity contribution in [2.75, 3.05) is 13.2 Å². The van der Waals surface area contributed by atoms with Crippen LogP contribution in [0.1, 0.15) is 92.9 Å². The average Bonchev–Trinajstić information content (AvgIpc) is 2.61. The van der Waals surface area contributed by atoms with Crippen molar-refractivity contribution in [2.45, 2.75) is 92.9 Å². The molecule has 0 amide bonds. The van der Waals surface area contributed by atoms with Gasteiger partial charge in [-0.1, -0.05) is 53.4 Å². The van der Waals surface area contributed by atoms with Crippen molar-refractivity contribution in [3.8, 4) is 0 Å². The van der Waals surface area contributed by atoms with E-state index in [0.29, 0.717) is 26.1 Å². The number of allylic oxidation sites excluding steroid dienone is 2. The first-order valence-electron chi connectivity index (χ1n) is 10.3. The summed E-state index contributed by atoms with van der Waals surface area (Å²) < 4.78 is 10.6. The largest absolute Gasteiger partial charge is 0.463 e. The number of carbonyl (C=O) groups is 2. The highest BCUT2D eigenvalue weighted by atomic mass is 16.5. The summed E-state index contributed by atoms with van der Waals surface area (Å²) >= 11 is 0. The van der Waals surface area contributed by atoms with E-state index in [1.165, 1.54) is 0 Å². The van der Waals surface area contributed by atoms with Gasteiger partial charge in [-0.2, -0.15) is 0 Å². The van der Waals surface area contributed by atoms with Crippen molar-refractivity contribution in [2.24, 2.45) is 0 Å². The molecule has 4 nitrogen and oxygen atoms in total. The second-order valence-electron chi connectivity index (χ2n) is 6.36. The van der Waals surface area contributed by atoms with Gasteiger partial charge in [0, 0.05) is 11.1 Å². The molecule has 0 saturated carbocycles. The Morgan fingerprint density at radius 3 is 1.00 bits per heavy atom. The molecule has 4 heteroatoms. The normalized spacial score (nSPS) is 13.0. The lowest BCUT2D eigenvalue weighted by Gasteiger charge is -2.20. The monoisotopic (exact) mass is 366 g/mol. The lowest BCUT2D eigenvalue weighted by atomic mass is 9.86. The van der Waals surface area contributed by atoms with E-state index in [1.54, 1.807) is 0 Å². The van der Waals surface area contributed by atoms with Crippen LogP contribution in [0.4, 0.5) is 0 Å². The molecular weight excluding hydrogens is 328 g/mol. The van der Waals surface area contributed by atoms with Crippen LogP contribution in [-0.4, -0.2) is 25.2 Å². The molecule has 0 N–H and O–H groups in total. The maximum absolute atomic E-state index is 12.6. The van der Waals surface area contributed by atoms with E-state index < -0.39 is 0 Å². The standard InChI is InChI=1S/C22H38O4/c1-7-13-17(19(15-9-3)21(23)25-11-5)18(14-8-2)20(16-10-4)22(24)26-12-6/h7-16H2,1-6H3/b19-17-,20-18-. The minimum absolute atomic E-state index is 0.244. The molecule has 0 saturated heterocycles. The quantitative estimate of drug-likeness (QED) is 0.231. The third-order valence-electron chi connectivity index (χ3n) is 4.14. The predicted molar refractivity (Wildman–Crippen MR) is 107 cm³/mol. The van der Waals surface area contributed by atoms with E-state index >= 15 is 0 Å². The van der Waals surface area contributed by atoms with Crippen LogP contribution >= 0.6 is 0 Å². The van der Waals surface area contributed by atoms with Crippen molar-refractivity contribution < 1.29 is 19.1 Å². The van der Waals surface area contributed by atoms with E-state index in [-0.39, 0.29) is 11.9 Å². The molecule has 0 aliphatic rings. The third kappa shape index (κ3) is 7.76. The molecule has 0 bridgehead atoms. The summed E-state index contributed by atoms with van der Waals surface area (Å²) in [5.41, 5.74) is 3.48. The predicted octanol–water partition coefficient (Wildman–Crippen LogP) is 5.91. The molecule has 0 radical (unpaired) electrons. The molecular formula is C22H38O4. The Bertz CT molecular complexity index is 454. The zero-order valence-electron chi connectivity index (χ0n) is 17.7. The van der Waals surface area contributed by atoms with E-state index in [2.05, 4.69) is 27.7 Å². The SMILES string of the molecule is CCC/C(C(=O)OCC)=C(CCC)/C(CCC)=C(/CCC)C(=O)OCC. The fraction of sp³-hybridized carbons (Fsp3) is 0.727. The topological polar surface area (TPSA) is 52.6 Å². The van der Waals surface area contributed by atoms with Crippen LogP contribution in [0, 0.1) is 0 Å². The van der Waals surface area contributed by atoms with E-state index in [9.17, 15) is 9.59 Å². The first kappa shape index (κ1) is 24.4. The minimum atomic E-state index is -0.244. The van der Waals surface area contributed by atoms with Crippen LogP contribution in [0.2, 0.25) is 0 Å². The Morgan fingerprint density at radius 2 is 0.769 bits per heavy atom. The summed E-state index contributed by atoms with van der Waals surface area (Å²) in [7, 11) is 0. The van der Waals surface area contributed by atoms with Gasteiger partial charge in [0.25, 0.3) is 0 Å². The van der Waals surface area contributed by atoms with Crippen LogP contribution < -0.4 is 0 Å². The Hall–Kier alpha value is -1.58. The summed E-state index contributed by atoms with van der Waals surface area (Å²) in [6.45, 7) is 12.7. The Balaban J connectivity index is 6.53. The summed E-state index contributed by atoms with van der Waals surface area (Å²) in [5.74, 6) is -0.489. The zero-order chi connectivity index (χ0) is 19.9. The molecule has 150 valence electrons. The van der Waals surface area contributed by atoms with E-state index in [0.717, 1.165) is 60.8 Å². The van der Waals surface area contributed by atoms with E-state index in [4.69, 9.17) is 9.47 Å². The zero-order valence-corrected chi connectivity index (χ0v) is 17.7. The molecule has 0 aromatic carbocycles. The van der Waals surface area contributed by atoms with Crippen LogP contribution in [0.3, 0.4) is 0 Å². The summed E-state index contributed by atoms with van der Waals surface area (Å²) in [5, 5.41) is 0. The van der Waals surface area contributed by atoms with Crippen molar-refractivity contribution in [3.05, 3.63) is 22.3 Å². The Labute approximate surface area is 160 Å². The highest BCUT2D eigenvalue weighted by Crippen LogP contribution is 2.32. The van der Waals surface area contributed by atoms with Crippen molar-refractivity contribution in [1.82, 2.24) is 0 Å². The summed E-state index contributed by atoms with van der Waals surface area (Å²) in [4.78, 5) is 25.2. The molecule has 0 spiro atoms. The highest BCUT2D eigenvalue weighted by molar-refractivity contribution is 5.93. The van der Waals surface area contributed by atoms with Gasteiger partial charge >= 0.3 is 11.9 Å². The van der Waals surface area contributed by atoms with E-state index in [1.807, 2.05) is 13.8 Å². The first-order valence-corrected chi connectivity index (χ1v) is 10.3. The number of esters is 2. The second-order valence-corrected chi connectivity index (χ2v) is 6.36. The van der Waals surface area contributed by atoms with Crippen LogP contribution in [-0.2, 0) is 19.1 Å². The molecule has 0 aliphatic carbocycles. The molecule has 0 fully saturated rings. The van der Waals surface area contributed by atoms with Gasteiger partial charge in [-0.15, -0.1) is 0 Å². The van der Waals surface area contributed by atoms with Crippen molar-refractivity contribution >= 4 is 11.9 Å². The fourth-order valence-electron chi connectivity index (χ4n) is 3.16. The maximum Gasteiger partial charge on any atom is 0.334 e. The first-order chi connectivity index (χ1) is 12.5. The number of hydrogen-bond acceptors (Lipinski definition) is 4. The minimum Gasteiger partial charge on any atom is -0.463 e. The van der Waals surface area contributed by atoms with Gasteiger partial charge in [-0.25, -0.2) is 9.59 Å². The summed E-state index contributed by atoms with van der Waals surface area (Å²) in [6, 6.07) is 0. The van der Waals surface area contributed by atoms with Crippen molar-refractivity contribution in [1.29, 1.82) is 0 Å². The van der Waals surface area contributed by atoms with Crippen molar-refractivity contribution in [3.63, 3.8) is 0 Å². The molecule has 0 unspecified atom stereocenters. The molecule has 0 aromatic rings. The number of ether oxygens (including phenoxy) is 2. The highest BCUT2D eigenvalue weighted by Gasteiger charge is 2.23. The fourth-order valence-corrected chi connectivity index (χ4v) is 3.16. The van der Waals surface area contributed by atoms with Crippen LogP contribution in [0.5, 0.6) is 0 Å². The molecule has 0 atom stereocenters. The molecule has 0 heterocycles. The number of hydrogen-bond donors (Lipinski definition) is 0. The van der Waals surface area contributed by atoms with Crippen LogP contribution in [0.15, 0.2) is 22.3 Å². The lowest BCUT2D eigenvalue weighted by molar-refractivity contribution is -0.139. The molecule has 0 aromatic heterocycles. The van der Waals surface area contributed by atoms with Gasteiger partial charge in [0.2, 0.25) is 0 Å². The Kier molecular flexibility index (Phi) is 13.7. The van der Waals surface area contributed by atoms with Crippen LogP contribution in [0.25, 0.3) is 0 Å². The molecule has 0 rings (SSSR count). The maximum atomic E-state index is 12.6. The van der Waals surface area contributed by atoms with Gasteiger partial charge in [-0.3, -0.25) is 0 Å². The lowest BCUT2D eigenvalue weighted by Crippen LogP contribution is -2.16. The molecule has 26 heavy (non-hydrogen) atoms. The van der Waals surface area contributed by atoms with Gasteiger partial charge in [-0.05, 0) is 50.7 Å². The smallest absolute Gasteiger partial charge is 0.334 e. The summed E-state index contributed by atoms with van der Waals surface area (Å²) in [6.07, 6.45) is 6.45. The number of carbonyl (C=O) groups excluding carboxylic acids is 2. The van der Waals surface area contributed by atoms with Gasteiger partial charge in [0.05, 0.1) is 13.2 Å². The number of rotatable bonds is 13. The Morgan fingerprint density at radius 1 is 0.500 bits per heavy atom. The van der Waals surface area contributed by atoms with Gasteiger partial charge in [0.1, 0.15) is 0 Å². The average molecular weight is 367 g/mol. The second kappa shape index (κ2) is 14.6.